The van der Waals surface area contributed by atoms with E-state index >= 15 is 0 Å². The lowest BCUT2D eigenvalue weighted by atomic mass is 9.79. The molecule has 0 fully saturated rings. The van der Waals surface area contributed by atoms with Gasteiger partial charge in [0, 0.05) is 22.4 Å². The molecule has 4 nitrogen and oxygen atoms in total. The smallest absolute Gasteiger partial charge is 0.226 e. The second kappa shape index (κ2) is 9.93. The van der Waals surface area contributed by atoms with E-state index in [2.05, 4.69) is 52.2 Å². The molecule has 0 aliphatic heterocycles. The fourth-order valence-electron chi connectivity index (χ4n) is 3.00. The van der Waals surface area contributed by atoms with E-state index in [-0.39, 0.29) is 28.8 Å². The van der Waals surface area contributed by atoms with Crippen molar-refractivity contribution in [3.05, 3.63) is 0 Å². The van der Waals surface area contributed by atoms with Gasteiger partial charge in [-0.2, -0.15) is 0 Å². The molecule has 0 aromatic heterocycles. The average molecular weight is 383 g/mol. The van der Waals surface area contributed by atoms with Crippen molar-refractivity contribution in [2.75, 3.05) is 0 Å². The minimum absolute atomic E-state index is 0.0915. The maximum atomic E-state index is 12.9. The lowest BCUT2D eigenvalue weighted by Gasteiger charge is -2.38. The summed E-state index contributed by atoms with van der Waals surface area (Å²) in [7, 11) is 0. The van der Waals surface area contributed by atoms with Crippen molar-refractivity contribution in [2.45, 2.75) is 113 Å². The van der Waals surface area contributed by atoms with Crippen LogP contribution in [0.1, 0.15) is 102 Å². The number of nitrogens with one attached hydrogen (secondary N) is 2. The molecule has 27 heavy (non-hydrogen) atoms. The number of carbonyl (C=O) groups is 2. The fourth-order valence-corrected chi connectivity index (χ4v) is 3.00. The molecule has 3 unspecified atom stereocenters. The Morgan fingerprint density at radius 1 is 0.889 bits per heavy atom. The van der Waals surface area contributed by atoms with E-state index in [1.807, 2.05) is 34.6 Å². The van der Waals surface area contributed by atoms with Gasteiger partial charge in [0.1, 0.15) is 0 Å². The van der Waals surface area contributed by atoms with Crippen LogP contribution in [0.5, 0.6) is 0 Å². The summed E-state index contributed by atoms with van der Waals surface area (Å²) in [6.07, 6.45) is 3.53. The van der Waals surface area contributed by atoms with Gasteiger partial charge in [0.15, 0.2) is 0 Å². The molecule has 0 rings (SSSR count). The third-order valence-corrected chi connectivity index (χ3v) is 6.37. The zero-order chi connectivity index (χ0) is 21.6. The van der Waals surface area contributed by atoms with Crippen LogP contribution in [-0.4, -0.2) is 23.4 Å². The van der Waals surface area contributed by atoms with E-state index in [0.29, 0.717) is 11.8 Å². The van der Waals surface area contributed by atoms with Crippen LogP contribution in [0.4, 0.5) is 0 Å². The summed E-state index contributed by atoms with van der Waals surface area (Å²) in [4.78, 5) is 25.3. The fraction of sp³-hybridized carbons (Fsp3) is 0.913. The largest absolute Gasteiger partial charge is 0.353 e. The topological polar surface area (TPSA) is 58.2 Å². The highest BCUT2D eigenvalue weighted by molar-refractivity contribution is 5.82. The van der Waals surface area contributed by atoms with Gasteiger partial charge in [-0.3, -0.25) is 9.59 Å². The molecule has 0 aliphatic rings. The highest BCUT2D eigenvalue weighted by atomic mass is 16.2. The summed E-state index contributed by atoms with van der Waals surface area (Å²) in [6, 6.07) is 0.146. The molecule has 0 bridgehead atoms. The minimum Gasteiger partial charge on any atom is -0.353 e. The maximum absolute atomic E-state index is 12.9. The summed E-state index contributed by atoms with van der Waals surface area (Å²) < 4.78 is 0. The maximum Gasteiger partial charge on any atom is 0.226 e. The molecule has 0 aromatic rings. The van der Waals surface area contributed by atoms with E-state index in [1.54, 1.807) is 0 Å². The van der Waals surface area contributed by atoms with Crippen LogP contribution in [0.15, 0.2) is 0 Å². The van der Waals surface area contributed by atoms with Crippen LogP contribution in [-0.2, 0) is 9.59 Å². The SMILES string of the molecule is CCC(NC(=O)C(C)(C)C)C(C)CCC(C)(C)C(=O)NC(C)(CC)C(C)C. The van der Waals surface area contributed by atoms with Gasteiger partial charge in [-0.05, 0) is 44.4 Å². The van der Waals surface area contributed by atoms with Crippen molar-refractivity contribution in [3.8, 4) is 0 Å². The number of amides is 2. The Labute approximate surface area is 168 Å². The van der Waals surface area contributed by atoms with Crippen LogP contribution in [0.2, 0.25) is 0 Å². The Hall–Kier alpha value is -1.06. The number of hydrogen-bond donors (Lipinski definition) is 2. The van der Waals surface area contributed by atoms with Gasteiger partial charge in [0.05, 0.1) is 0 Å². The minimum atomic E-state index is -0.425. The van der Waals surface area contributed by atoms with E-state index < -0.39 is 5.41 Å². The molecule has 0 heterocycles. The molecule has 0 saturated heterocycles. The quantitative estimate of drug-likeness (QED) is 0.538. The summed E-state index contributed by atoms with van der Waals surface area (Å²) >= 11 is 0. The predicted octanol–water partition coefficient (Wildman–Crippen LogP) is 5.31. The second-order valence-electron chi connectivity index (χ2n) is 10.5. The van der Waals surface area contributed by atoms with Gasteiger partial charge in [-0.15, -0.1) is 0 Å². The van der Waals surface area contributed by atoms with E-state index in [0.717, 1.165) is 25.7 Å². The van der Waals surface area contributed by atoms with Gasteiger partial charge in [0.2, 0.25) is 11.8 Å². The lowest BCUT2D eigenvalue weighted by molar-refractivity contribution is -0.133. The van der Waals surface area contributed by atoms with Gasteiger partial charge in [-0.1, -0.05) is 69.2 Å². The zero-order valence-corrected chi connectivity index (χ0v) is 19.9. The second-order valence-corrected chi connectivity index (χ2v) is 10.5. The molecule has 2 N–H and O–H groups in total. The first-order valence-corrected chi connectivity index (χ1v) is 10.7. The first-order valence-electron chi connectivity index (χ1n) is 10.7. The Morgan fingerprint density at radius 3 is 1.78 bits per heavy atom. The molecule has 0 radical (unpaired) electrons. The summed E-state index contributed by atoms with van der Waals surface area (Å²) in [5.74, 6) is 0.933. The molecule has 0 saturated carbocycles. The normalized spacial score (nSPS) is 17.2. The van der Waals surface area contributed by atoms with Gasteiger partial charge in [-0.25, -0.2) is 0 Å². The molecular formula is C23H46N2O2. The van der Waals surface area contributed by atoms with Gasteiger partial charge >= 0.3 is 0 Å². The highest BCUT2D eigenvalue weighted by Crippen LogP contribution is 2.30. The van der Waals surface area contributed by atoms with Crippen molar-refractivity contribution in [1.29, 1.82) is 0 Å². The number of rotatable bonds is 10. The van der Waals surface area contributed by atoms with Crippen molar-refractivity contribution >= 4 is 11.8 Å². The van der Waals surface area contributed by atoms with Crippen LogP contribution in [0.25, 0.3) is 0 Å². The van der Waals surface area contributed by atoms with E-state index in [1.165, 1.54) is 0 Å². The van der Waals surface area contributed by atoms with Crippen LogP contribution in [0, 0.1) is 22.7 Å². The zero-order valence-electron chi connectivity index (χ0n) is 19.9. The molecule has 0 aliphatic carbocycles. The molecule has 3 atom stereocenters. The Balaban J connectivity index is 4.90. The molecule has 160 valence electrons. The summed E-state index contributed by atoms with van der Waals surface area (Å²) in [5, 5.41) is 6.49. The lowest BCUT2D eigenvalue weighted by Crippen LogP contribution is -2.53. The number of carbonyl (C=O) groups excluding carboxylic acids is 2. The van der Waals surface area contributed by atoms with Crippen molar-refractivity contribution in [2.24, 2.45) is 22.7 Å². The summed E-state index contributed by atoms with van der Waals surface area (Å²) in [5.41, 5.74) is -0.980. The Kier molecular flexibility index (Phi) is 9.54. The highest BCUT2D eigenvalue weighted by Gasteiger charge is 2.35. The van der Waals surface area contributed by atoms with Gasteiger partial charge in [0.25, 0.3) is 0 Å². The third kappa shape index (κ3) is 7.83. The van der Waals surface area contributed by atoms with Crippen molar-refractivity contribution < 1.29 is 9.59 Å². The molecular weight excluding hydrogens is 336 g/mol. The van der Waals surface area contributed by atoms with E-state index in [9.17, 15) is 9.59 Å². The third-order valence-electron chi connectivity index (χ3n) is 6.37. The average Bonchev–Trinajstić information content (AvgIpc) is 2.55. The first-order chi connectivity index (χ1) is 12.1. The summed E-state index contributed by atoms with van der Waals surface area (Å²) in [6.45, 7) is 22.7. The molecule has 0 aromatic carbocycles. The molecule has 4 heteroatoms. The molecule has 0 spiro atoms. The first kappa shape index (κ1) is 25.9. The van der Waals surface area contributed by atoms with E-state index in [4.69, 9.17) is 0 Å². The van der Waals surface area contributed by atoms with Crippen molar-refractivity contribution in [3.63, 3.8) is 0 Å². The number of hydrogen-bond acceptors (Lipinski definition) is 2. The predicted molar refractivity (Wildman–Crippen MR) is 116 cm³/mol. The standard InChI is InChI=1S/C23H46N2O2/c1-12-18(24-19(26)21(6,7)8)17(5)14-15-22(9,10)20(27)25-23(11,13-2)16(3)4/h16-18H,12-15H2,1-11H3,(H,24,26)(H,25,27). The Morgan fingerprint density at radius 2 is 1.41 bits per heavy atom. The van der Waals surface area contributed by atoms with Crippen LogP contribution < -0.4 is 10.6 Å². The molecule has 2 amide bonds. The monoisotopic (exact) mass is 382 g/mol. The Bertz CT molecular complexity index is 491. The van der Waals surface area contributed by atoms with Crippen LogP contribution >= 0.6 is 0 Å². The van der Waals surface area contributed by atoms with Crippen molar-refractivity contribution in [1.82, 2.24) is 10.6 Å². The van der Waals surface area contributed by atoms with Crippen LogP contribution in [0.3, 0.4) is 0 Å². The van der Waals surface area contributed by atoms with Gasteiger partial charge < -0.3 is 10.6 Å².